The molecule has 136 valence electrons. The van der Waals surface area contributed by atoms with Crippen LogP contribution < -0.4 is 28.6 Å². The van der Waals surface area contributed by atoms with Crippen molar-refractivity contribution in [2.24, 2.45) is 0 Å². The second kappa shape index (κ2) is 10.2. The molecule has 0 spiro atoms. The zero-order chi connectivity index (χ0) is 15.7. The summed E-state index contributed by atoms with van der Waals surface area (Å²) in [6, 6.07) is 10.5. The molecule has 0 atom stereocenters. The zero-order valence-electron chi connectivity index (χ0n) is 14.8. The fourth-order valence-electron chi connectivity index (χ4n) is 3.04. The SMILES string of the molecule is COC1=C(c2ccccc2)C=[C]([Ti+2]([CH3])([CH3])[NH]C(C)(C)C)C1.[Cl-].[Cl-].[SiH4]. The Morgan fingerprint density at radius 2 is 1.58 bits per heavy atom. The van der Waals surface area contributed by atoms with Gasteiger partial charge in [-0.25, -0.2) is 0 Å². The van der Waals surface area contributed by atoms with Crippen LogP contribution in [0.15, 0.2) is 46.0 Å². The van der Waals surface area contributed by atoms with Crippen molar-refractivity contribution in [3.05, 3.63) is 51.6 Å². The van der Waals surface area contributed by atoms with E-state index in [4.69, 9.17) is 4.74 Å². The van der Waals surface area contributed by atoms with E-state index >= 15 is 0 Å². The van der Waals surface area contributed by atoms with E-state index in [-0.39, 0.29) is 41.3 Å². The number of halogens is 2. The van der Waals surface area contributed by atoms with Crippen LogP contribution in [0.1, 0.15) is 32.8 Å². The molecule has 2 rings (SSSR count). The molecule has 0 heterocycles. The Kier molecular flexibility index (Phi) is 11.1. The number of hydrogen-bond donors (Lipinski definition) is 1. The van der Waals surface area contributed by atoms with E-state index in [1.807, 2.05) is 0 Å². The first-order valence-electron chi connectivity index (χ1n) is 7.56. The van der Waals surface area contributed by atoms with Gasteiger partial charge in [0.1, 0.15) is 0 Å². The third-order valence-electron chi connectivity index (χ3n) is 3.79. The van der Waals surface area contributed by atoms with Gasteiger partial charge in [0, 0.05) is 0 Å². The normalized spacial score (nSPS) is 13.5. The van der Waals surface area contributed by atoms with Crippen LogP contribution >= 0.6 is 0 Å². The summed E-state index contributed by atoms with van der Waals surface area (Å²) >= 11 is -2.21. The van der Waals surface area contributed by atoms with Gasteiger partial charge in [-0.3, -0.25) is 0 Å². The van der Waals surface area contributed by atoms with Crippen LogP contribution in [0.25, 0.3) is 5.57 Å². The van der Waals surface area contributed by atoms with Gasteiger partial charge in [0.25, 0.3) is 0 Å². The maximum atomic E-state index is 5.66. The van der Waals surface area contributed by atoms with Crippen molar-refractivity contribution in [3.63, 3.8) is 0 Å². The van der Waals surface area contributed by atoms with Gasteiger partial charge in [0.05, 0.1) is 0 Å². The van der Waals surface area contributed by atoms with Crippen LogP contribution in [-0.2, 0) is 21.6 Å². The molecule has 0 saturated carbocycles. The third-order valence-corrected chi connectivity index (χ3v) is 8.95. The fourth-order valence-corrected chi connectivity index (χ4v) is 7.95. The Balaban J connectivity index is 0. The molecule has 2 nitrogen and oxygen atoms in total. The van der Waals surface area contributed by atoms with E-state index < -0.39 is 16.8 Å². The number of hydrogen-bond acceptors (Lipinski definition) is 2. The van der Waals surface area contributed by atoms with Gasteiger partial charge in [0.2, 0.25) is 0 Å². The summed E-state index contributed by atoms with van der Waals surface area (Å²) in [5, 5.41) is 4.86. The van der Waals surface area contributed by atoms with Crippen LogP contribution in [0.3, 0.4) is 0 Å². The monoisotopic (exact) mass is 423 g/mol. The molecule has 0 fully saturated rings. The molecule has 6 heteroatoms. The smallest absolute Gasteiger partial charge is 0.0149 e. The van der Waals surface area contributed by atoms with Gasteiger partial charge in [-0.2, -0.15) is 0 Å². The Morgan fingerprint density at radius 1 is 1.04 bits per heavy atom. The largest absolute Gasteiger partial charge is 1.00 e. The Bertz CT molecular complexity index is 580. The Hall–Kier alpha value is -0.0288. The molecular weight excluding hydrogens is 393 g/mol. The number of ether oxygens (including phenoxy) is 1. The Morgan fingerprint density at radius 3 is 2.04 bits per heavy atom. The van der Waals surface area contributed by atoms with E-state index in [0.29, 0.717) is 0 Å². The predicted molar refractivity (Wildman–Crippen MR) is 99.0 cm³/mol. The van der Waals surface area contributed by atoms with Crippen LogP contribution in [0.2, 0.25) is 10.5 Å². The van der Waals surface area contributed by atoms with E-state index in [0.717, 1.165) is 12.2 Å². The summed E-state index contributed by atoms with van der Waals surface area (Å²) in [5.74, 6) is 1.10. The Labute approximate surface area is 168 Å². The van der Waals surface area contributed by atoms with E-state index in [1.165, 1.54) is 11.1 Å². The average molecular weight is 424 g/mol. The maximum absolute atomic E-state index is 5.66. The van der Waals surface area contributed by atoms with Gasteiger partial charge in [0.15, 0.2) is 0 Å². The van der Waals surface area contributed by atoms with Crippen LogP contribution in [0, 0.1) is 0 Å². The topological polar surface area (TPSA) is 21.3 Å². The van der Waals surface area contributed by atoms with Gasteiger partial charge in [-0.1, -0.05) is 0 Å². The molecule has 1 N–H and O–H groups in total. The zero-order valence-corrected chi connectivity index (χ0v) is 17.9. The molecule has 0 aromatic heterocycles. The number of allylic oxidation sites excluding steroid dienone is 3. The minimum absolute atomic E-state index is 0. The molecule has 0 unspecified atom stereocenters. The minimum Gasteiger partial charge on any atom is -1.00 e. The van der Waals surface area contributed by atoms with Crippen molar-refractivity contribution < 1.29 is 46.4 Å². The van der Waals surface area contributed by atoms with E-state index in [1.54, 1.807) is 11.0 Å². The molecule has 0 radical (unpaired) electrons. The predicted octanol–water partition coefficient (Wildman–Crippen LogP) is -2.56. The quantitative estimate of drug-likeness (QED) is 0.538. The van der Waals surface area contributed by atoms with Gasteiger partial charge in [-0.05, 0) is 11.0 Å². The molecule has 0 saturated heterocycles. The van der Waals surface area contributed by atoms with Crippen molar-refractivity contribution >= 4 is 16.5 Å². The first kappa shape index (κ1) is 26.2. The molecule has 1 aliphatic rings. The van der Waals surface area contributed by atoms with Crippen molar-refractivity contribution in [3.8, 4) is 0 Å². The molecule has 24 heavy (non-hydrogen) atoms. The van der Waals surface area contributed by atoms with Gasteiger partial charge >= 0.3 is 133 Å². The molecule has 1 aromatic rings. The standard InChI is InChI=1S/C12H11O.C4H10N.2CH3.2ClH.H4Si.Ti/c1-13-12-9-5-8-11(12)10-6-3-2-4-7-10;1-4(2,3)5;;;;;;/h2-4,6-8H,9H2,1H3;5H,1-3H3;2*1H3;2*1H;1H4;/q;-1;;;;;;+3/p-2. The van der Waals surface area contributed by atoms with Crippen LogP contribution in [0.4, 0.5) is 0 Å². The number of benzene rings is 1. The van der Waals surface area contributed by atoms with Crippen molar-refractivity contribution in [1.29, 1.82) is 0 Å². The molecule has 0 amide bonds. The molecule has 1 aliphatic carbocycles. The maximum Gasteiger partial charge on any atom is -0.0149 e. The summed E-state index contributed by atoms with van der Waals surface area (Å²) in [5.41, 5.74) is 2.66. The molecule has 0 aliphatic heterocycles. The molecule has 0 bridgehead atoms. The summed E-state index contributed by atoms with van der Waals surface area (Å²) in [6.45, 7) is 6.74. The summed E-state index contributed by atoms with van der Waals surface area (Å²) < 4.78 is 11.1. The first-order valence-corrected chi connectivity index (χ1v) is 12.2. The third kappa shape index (κ3) is 6.70. The fraction of sp³-hybridized carbons (Fsp3) is 0.444. The second-order valence-electron chi connectivity index (χ2n) is 7.25. The van der Waals surface area contributed by atoms with E-state index in [2.05, 4.69) is 71.4 Å². The summed E-state index contributed by atoms with van der Waals surface area (Å²) in [7, 11) is 1.78. The first-order chi connectivity index (χ1) is 9.73. The minimum atomic E-state index is -2.21. The number of rotatable bonds is 4. The van der Waals surface area contributed by atoms with Crippen molar-refractivity contribution in [2.75, 3.05) is 7.11 Å². The van der Waals surface area contributed by atoms with Crippen molar-refractivity contribution in [1.82, 2.24) is 3.80 Å². The summed E-state index contributed by atoms with van der Waals surface area (Å²) in [4.78, 5) is 0. The van der Waals surface area contributed by atoms with Crippen LogP contribution in [0.5, 0.6) is 0 Å². The van der Waals surface area contributed by atoms with Gasteiger partial charge in [-0.15, -0.1) is 0 Å². The number of nitrogens with one attached hydrogen (secondary N) is 1. The molecule has 1 aromatic carbocycles. The molecular formula is C18H31Cl2NOSiTi. The van der Waals surface area contributed by atoms with E-state index in [9.17, 15) is 0 Å². The second-order valence-corrected chi connectivity index (χ2v) is 13.7. The summed E-state index contributed by atoms with van der Waals surface area (Å²) in [6.07, 6.45) is 3.32. The average Bonchev–Trinajstić information content (AvgIpc) is 2.82. The number of methoxy groups -OCH3 is 1. The van der Waals surface area contributed by atoms with Crippen molar-refractivity contribution in [2.45, 2.75) is 43.2 Å². The van der Waals surface area contributed by atoms with Crippen LogP contribution in [-0.4, -0.2) is 23.6 Å². The van der Waals surface area contributed by atoms with Gasteiger partial charge < -0.3 is 24.8 Å².